The molecule has 2 aliphatic rings. The number of hydrogen-bond acceptors (Lipinski definition) is 2. The average molecular weight is 273 g/mol. The van der Waals surface area contributed by atoms with Gasteiger partial charge in [-0.25, -0.2) is 0 Å². The van der Waals surface area contributed by atoms with Crippen molar-refractivity contribution < 1.29 is 4.74 Å². The molecule has 2 fully saturated rings. The molecular weight excluding hydrogens is 246 g/mol. The molecule has 4 atom stereocenters. The maximum Gasteiger partial charge on any atom is 0.119 e. The van der Waals surface area contributed by atoms with E-state index in [0.717, 1.165) is 36.5 Å². The molecule has 2 bridgehead atoms. The third-order valence-electron chi connectivity index (χ3n) is 5.51. The second-order valence-corrected chi connectivity index (χ2v) is 6.83. The predicted molar refractivity (Wildman–Crippen MR) is 82.8 cm³/mol. The van der Waals surface area contributed by atoms with E-state index in [2.05, 4.69) is 18.2 Å². The van der Waals surface area contributed by atoms with Crippen LogP contribution in [0.5, 0.6) is 5.75 Å². The summed E-state index contributed by atoms with van der Waals surface area (Å²) in [4.78, 5) is 0. The molecule has 0 aromatic heterocycles. The first kappa shape index (κ1) is 13.9. The first-order valence-corrected chi connectivity index (χ1v) is 8.11. The normalized spacial score (nSPS) is 29.6. The molecule has 0 amide bonds. The van der Waals surface area contributed by atoms with Gasteiger partial charge in [-0.2, -0.15) is 0 Å². The smallest absolute Gasteiger partial charge is 0.119 e. The summed E-state index contributed by atoms with van der Waals surface area (Å²) in [5.41, 5.74) is 7.40. The summed E-state index contributed by atoms with van der Waals surface area (Å²) in [6.45, 7) is 0.811. The summed E-state index contributed by atoms with van der Waals surface area (Å²) in [6.07, 6.45) is 8.37. The van der Waals surface area contributed by atoms with Crippen LogP contribution in [0, 0.1) is 23.7 Å². The van der Waals surface area contributed by atoms with Crippen molar-refractivity contribution in [2.45, 2.75) is 38.5 Å². The van der Waals surface area contributed by atoms with E-state index in [1.807, 2.05) is 6.07 Å². The molecule has 0 aliphatic heterocycles. The number of rotatable bonds is 6. The van der Waals surface area contributed by atoms with Crippen LogP contribution in [0.4, 0.5) is 0 Å². The van der Waals surface area contributed by atoms with Gasteiger partial charge < -0.3 is 10.5 Å². The Hall–Kier alpha value is -1.02. The van der Waals surface area contributed by atoms with E-state index >= 15 is 0 Å². The van der Waals surface area contributed by atoms with Crippen molar-refractivity contribution in [3.05, 3.63) is 29.8 Å². The zero-order valence-electron chi connectivity index (χ0n) is 12.6. The van der Waals surface area contributed by atoms with Crippen molar-refractivity contribution in [1.82, 2.24) is 0 Å². The molecule has 2 aliphatic carbocycles. The predicted octanol–water partition coefficient (Wildman–Crippen LogP) is 3.64. The first-order valence-electron chi connectivity index (χ1n) is 8.11. The molecule has 1 aromatic carbocycles. The fourth-order valence-corrected chi connectivity index (χ4v) is 4.49. The molecular formula is C18H27NO. The summed E-state index contributed by atoms with van der Waals surface area (Å²) < 4.78 is 5.31. The van der Waals surface area contributed by atoms with E-state index in [1.165, 1.54) is 37.7 Å². The standard InChI is InChI=1S/C18H27NO/c1-20-18-4-2-3-13(11-18)7-15(12-19)10-17-9-14-5-6-16(17)8-14/h2-4,11,14-17H,5-10,12,19H2,1H3. The zero-order chi connectivity index (χ0) is 13.9. The van der Waals surface area contributed by atoms with Crippen molar-refractivity contribution in [3.63, 3.8) is 0 Å². The van der Waals surface area contributed by atoms with Gasteiger partial charge in [0.25, 0.3) is 0 Å². The number of hydrogen-bond donors (Lipinski definition) is 1. The monoisotopic (exact) mass is 273 g/mol. The number of nitrogens with two attached hydrogens (primary N) is 1. The van der Waals surface area contributed by atoms with Gasteiger partial charge in [0.2, 0.25) is 0 Å². The van der Waals surface area contributed by atoms with Crippen LogP contribution in [-0.4, -0.2) is 13.7 Å². The third-order valence-corrected chi connectivity index (χ3v) is 5.51. The van der Waals surface area contributed by atoms with Gasteiger partial charge in [0.05, 0.1) is 7.11 Å². The Kier molecular flexibility index (Phi) is 4.30. The molecule has 0 radical (unpaired) electrons. The van der Waals surface area contributed by atoms with Crippen molar-refractivity contribution in [1.29, 1.82) is 0 Å². The molecule has 0 saturated heterocycles. The van der Waals surface area contributed by atoms with Crippen molar-refractivity contribution >= 4 is 0 Å². The van der Waals surface area contributed by atoms with E-state index in [1.54, 1.807) is 7.11 Å². The lowest BCUT2D eigenvalue weighted by molar-refractivity contribution is 0.268. The lowest BCUT2D eigenvalue weighted by Gasteiger charge is -2.26. The molecule has 2 nitrogen and oxygen atoms in total. The molecule has 3 rings (SSSR count). The molecule has 1 aromatic rings. The quantitative estimate of drug-likeness (QED) is 0.859. The van der Waals surface area contributed by atoms with Gasteiger partial charge in [-0.05, 0) is 80.0 Å². The van der Waals surface area contributed by atoms with E-state index < -0.39 is 0 Å². The van der Waals surface area contributed by atoms with Gasteiger partial charge in [0.15, 0.2) is 0 Å². The van der Waals surface area contributed by atoms with Crippen LogP contribution >= 0.6 is 0 Å². The minimum absolute atomic E-state index is 0.631. The Balaban J connectivity index is 1.59. The topological polar surface area (TPSA) is 35.2 Å². The van der Waals surface area contributed by atoms with Gasteiger partial charge in [0, 0.05) is 0 Å². The Morgan fingerprint density at radius 2 is 2.20 bits per heavy atom. The van der Waals surface area contributed by atoms with Gasteiger partial charge >= 0.3 is 0 Å². The fourth-order valence-electron chi connectivity index (χ4n) is 4.49. The minimum Gasteiger partial charge on any atom is -0.497 e. The van der Waals surface area contributed by atoms with Crippen molar-refractivity contribution in [3.8, 4) is 5.75 Å². The van der Waals surface area contributed by atoms with Crippen LogP contribution < -0.4 is 10.5 Å². The molecule has 4 unspecified atom stereocenters. The maximum atomic E-state index is 6.04. The average Bonchev–Trinajstić information content (AvgIpc) is 3.09. The molecule has 2 N–H and O–H groups in total. The molecule has 0 heterocycles. The second kappa shape index (κ2) is 6.17. The summed E-state index contributed by atoms with van der Waals surface area (Å²) in [5, 5.41) is 0. The highest BCUT2D eigenvalue weighted by molar-refractivity contribution is 5.28. The van der Waals surface area contributed by atoms with E-state index in [9.17, 15) is 0 Å². The third kappa shape index (κ3) is 3.01. The maximum absolute atomic E-state index is 6.04. The second-order valence-electron chi connectivity index (χ2n) is 6.83. The largest absolute Gasteiger partial charge is 0.497 e. The number of methoxy groups -OCH3 is 1. The summed E-state index contributed by atoms with van der Waals surface area (Å²) in [5.74, 6) is 4.59. The number of fused-ring (bicyclic) bond motifs is 2. The molecule has 0 spiro atoms. The lowest BCUT2D eigenvalue weighted by Crippen LogP contribution is -2.23. The van der Waals surface area contributed by atoms with Crippen molar-refractivity contribution in [2.75, 3.05) is 13.7 Å². The Labute approximate surface area is 122 Å². The fraction of sp³-hybridized carbons (Fsp3) is 0.667. The highest BCUT2D eigenvalue weighted by Gasteiger charge is 2.39. The number of benzene rings is 1. The van der Waals surface area contributed by atoms with Crippen LogP contribution in [0.25, 0.3) is 0 Å². The van der Waals surface area contributed by atoms with Crippen LogP contribution in [0.2, 0.25) is 0 Å². The van der Waals surface area contributed by atoms with E-state index in [4.69, 9.17) is 10.5 Å². The highest BCUT2D eigenvalue weighted by Crippen LogP contribution is 2.50. The van der Waals surface area contributed by atoms with Gasteiger partial charge in [-0.3, -0.25) is 0 Å². The highest BCUT2D eigenvalue weighted by atomic mass is 16.5. The molecule has 20 heavy (non-hydrogen) atoms. The molecule has 110 valence electrons. The molecule has 2 saturated carbocycles. The van der Waals surface area contributed by atoms with E-state index in [-0.39, 0.29) is 0 Å². The lowest BCUT2D eigenvalue weighted by atomic mass is 9.80. The first-order chi connectivity index (χ1) is 9.78. The van der Waals surface area contributed by atoms with E-state index in [0.29, 0.717) is 5.92 Å². The Bertz CT molecular complexity index is 445. The summed E-state index contributed by atoms with van der Waals surface area (Å²) in [7, 11) is 1.73. The van der Waals surface area contributed by atoms with Gasteiger partial charge in [-0.1, -0.05) is 18.6 Å². The van der Waals surface area contributed by atoms with Crippen LogP contribution in [0.15, 0.2) is 24.3 Å². The molecule has 2 heteroatoms. The summed E-state index contributed by atoms with van der Waals surface area (Å²) in [6, 6.07) is 8.45. The van der Waals surface area contributed by atoms with Gasteiger partial charge in [0.1, 0.15) is 5.75 Å². The van der Waals surface area contributed by atoms with Crippen LogP contribution in [0.1, 0.15) is 37.7 Å². The van der Waals surface area contributed by atoms with Gasteiger partial charge in [-0.15, -0.1) is 0 Å². The van der Waals surface area contributed by atoms with Crippen LogP contribution in [0.3, 0.4) is 0 Å². The minimum atomic E-state index is 0.631. The number of ether oxygens (including phenoxy) is 1. The Morgan fingerprint density at radius 1 is 1.30 bits per heavy atom. The van der Waals surface area contributed by atoms with Crippen LogP contribution in [-0.2, 0) is 6.42 Å². The Morgan fingerprint density at radius 3 is 2.85 bits per heavy atom. The summed E-state index contributed by atoms with van der Waals surface area (Å²) >= 11 is 0. The zero-order valence-corrected chi connectivity index (χ0v) is 12.6. The SMILES string of the molecule is COc1cccc(CC(CN)CC2CC3CCC2C3)c1. The van der Waals surface area contributed by atoms with Crippen molar-refractivity contribution in [2.24, 2.45) is 29.4 Å².